The minimum Gasteiger partial charge on any atom is -0.381 e. The zero-order chi connectivity index (χ0) is 20.7. The van der Waals surface area contributed by atoms with Gasteiger partial charge in [0.25, 0.3) is 0 Å². The molecule has 2 rings (SSSR count). The van der Waals surface area contributed by atoms with Crippen molar-refractivity contribution in [2.75, 3.05) is 51.4 Å². The van der Waals surface area contributed by atoms with Crippen LogP contribution in [0.25, 0.3) is 0 Å². The Bertz CT molecular complexity index is 639. The first-order valence-corrected chi connectivity index (χ1v) is 10.6. The van der Waals surface area contributed by atoms with Gasteiger partial charge < -0.3 is 25.4 Å². The highest BCUT2D eigenvalue weighted by Crippen LogP contribution is 2.14. The highest BCUT2D eigenvalue weighted by atomic mass is 127. The predicted octanol–water partition coefficient (Wildman–Crippen LogP) is 2.73. The van der Waals surface area contributed by atoms with Crippen molar-refractivity contribution in [3.63, 3.8) is 0 Å². The summed E-state index contributed by atoms with van der Waals surface area (Å²) in [6.07, 6.45) is 3.41. The molecule has 8 nitrogen and oxygen atoms in total. The van der Waals surface area contributed by atoms with Crippen LogP contribution in [0.4, 0.5) is 5.82 Å². The molecule has 1 fully saturated rings. The summed E-state index contributed by atoms with van der Waals surface area (Å²) in [5.41, 5.74) is 0.874. The quantitative estimate of drug-likeness (QED) is 0.175. The second-order valence-electron chi connectivity index (χ2n) is 7.13. The number of halogens is 1. The number of guanidine groups is 1. The standard InChI is InChI=1S/C21H35N5O3.HI/c1-3-22-21(23-11-5-13-29-16-18-9-14-28-15-10-18)24-12-8-20(27)26-19-7-4-6-17(2)25-19;/h4,6-7,18H,3,5,8-16H2,1-2H3,(H2,22,23,24)(H,25,26,27);1H. The Morgan fingerprint density at radius 1 is 1.30 bits per heavy atom. The van der Waals surface area contributed by atoms with Crippen LogP contribution in [0, 0.1) is 12.8 Å². The van der Waals surface area contributed by atoms with Crippen LogP contribution in [-0.2, 0) is 14.3 Å². The second-order valence-corrected chi connectivity index (χ2v) is 7.13. The van der Waals surface area contributed by atoms with E-state index >= 15 is 0 Å². The number of hydrogen-bond donors (Lipinski definition) is 3. The lowest BCUT2D eigenvalue weighted by atomic mass is 10.0. The normalized spacial score (nSPS) is 14.7. The molecule has 30 heavy (non-hydrogen) atoms. The van der Waals surface area contributed by atoms with E-state index in [0.29, 0.717) is 37.9 Å². The Kier molecular flexibility index (Phi) is 14.4. The van der Waals surface area contributed by atoms with Crippen molar-refractivity contribution < 1.29 is 14.3 Å². The van der Waals surface area contributed by atoms with Crippen LogP contribution in [0.15, 0.2) is 23.2 Å². The molecule has 170 valence electrons. The van der Waals surface area contributed by atoms with Gasteiger partial charge in [0.05, 0.1) is 0 Å². The third-order valence-electron chi connectivity index (χ3n) is 4.56. The predicted molar refractivity (Wildman–Crippen MR) is 131 cm³/mol. The molecular weight excluding hydrogens is 497 g/mol. The maximum atomic E-state index is 12.1. The van der Waals surface area contributed by atoms with Gasteiger partial charge in [0.2, 0.25) is 5.91 Å². The molecule has 3 N–H and O–H groups in total. The number of ether oxygens (including phenoxy) is 2. The van der Waals surface area contributed by atoms with Crippen LogP contribution in [0.5, 0.6) is 0 Å². The summed E-state index contributed by atoms with van der Waals surface area (Å²) in [5, 5.41) is 9.20. The molecule has 0 saturated carbocycles. The third kappa shape index (κ3) is 11.7. The van der Waals surface area contributed by atoms with Gasteiger partial charge in [-0.3, -0.25) is 9.79 Å². The number of carbonyl (C=O) groups excluding carboxylic acids is 1. The summed E-state index contributed by atoms with van der Waals surface area (Å²) in [6.45, 7) is 9.11. The Hall–Kier alpha value is -1.46. The fourth-order valence-corrected chi connectivity index (χ4v) is 2.97. The number of carbonyl (C=O) groups is 1. The molecule has 1 aromatic heterocycles. The van der Waals surface area contributed by atoms with Crippen molar-refractivity contribution in [2.45, 2.75) is 39.5 Å². The van der Waals surface area contributed by atoms with Crippen LogP contribution >= 0.6 is 24.0 Å². The average molecular weight is 533 g/mol. The molecule has 2 heterocycles. The summed E-state index contributed by atoms with van der Waals surface area (Å²) in [5.74, 6) is 1.86. The molecule has 0 aliphatic carbocycles. The maximum absolute atomic E-state index is 12.1. The molecular formula is C21H36IN5O3. The lowest BCUT2D eigenvalue weighted by Gasteiger charge is -2.21. The lowest BCUT2D eigenvalue weighted by Crippen LogP contribution is -2.38. The first-order valence-electron chi connectivity index (χ1n) is 10.6. The van der Waals surface area contributed by atoms with Crippen molar-refractivity contribution in [1.29, 1.82) is 0 Å². The van der Waals surface area contributed by atoms with Gasteiger partial charge in [-0.15, -0.1) is 24.0 Å². The number of nitrogens with zero attached hydrogens (tertiary/aromatic N) is 2. The van der Waals surface area contributed by atoms with E-state index in [9.17, 15) is 4.79 Å². The second kappa shape index (κ2) is 16.3. The molecule has 0 spiro atoms. The highest BCUT2D eigenvalue weighted by Gasteiger charge is 2.13. The number of pyridine rings is 1. The van der Waals surface area contributed by atoms with Crippen LogP contribution in [-0.4, -0.2) is 62.9 Å². The summed E-state index contributed by atoms with van der Waals surface area (Å²) in [4.78, 5) is 20.9. The van der Waals surface area contributed by atoms with Gasteiger partial charge >= 0.3 is 0 Å². The van der Waals surface area contributed by atoms with Gasteiger partial charge in [-0.05, 0) is 51.2 Å². The fraction of sp³-hybridized carbons (Fsp3) is 0.667. The molecule has 9 heteroatoms. The molecule has 1 aromatic rings. The van der Waals surface area contributed by atoms with Gasteiger partial charge in [0.1, 0.15) is 5.82 Å². The Morgan fingerprint density at radius 3 is 2.83 bits per heavy atom. The number of hydrogen-bond acceptors (Lipinski definition) is 5. The topological polar surface area (TPSA) is 96.9 Å². The van der Waals surface area contributed by atoms with Crippen molar-refractivity contribution in [1.82, 2.24) is 15.6 Å². The fourth-order valence-electron chi connectivity index (χ4n) is 2.97. The van der Waals surface area contributed by atoms with Gasteiger partial charge in [-0.2, -0.15) is 0 Å². The van der Waals surface area contributed by atoms with Crippen molar-refractivity contribution >= 4 is 41.7 Å². The molecule has 1 saturated heterocycles. The van der Waals surface area contributed by atoms with E-state index in [2.05, 4.69) is 25.9 Å². The average Bonchev–Trinajstić information content (AvgIpc) is 2.71. The minimum absolute atomic E-state index is 0. The highest BCUT2D eigenvalue weighted by molar-refractivity contribution is 14.0. The Morgan fingerprint density at radius 2 is 2.10 bits per heavy atom. The molecule has 1 aliphatic heterocycles. The van der Waals surface area contributed by atoms with Gasteiger partial charge in [0.15, 0.2) is 5.96 Å². The smallest absolute Gasteiger partial charge is 0.227 e. The van der Waals surface area contributed by atoms with E-state index in [-0.39, 0.29) is 29.9 Å². The number of amides is 1. The Balaban J connectivity index is 0.00000450. The van der Waals surface area contributed by atoms with E-state index in [4.69, 9.17) is 9.47 Å². The molecule has 1 aliphatic rings. The molecule has 0 radical (unpaired) electrons. The Labute approximate surface area is 197 Å². The number of aliphatic imine (C=N–C) groups is 1. The van der Waals surface area contributed by atoms with E-state index in [1.165, 1.54) is 0 Å². The molecule has 0 unspecified atom stereocenters. The first kappa shape index (κ1) is 26.6. The minimum atomic E-state index is -0.0760. The van der Waals surface area contributed by atoms with Crippen LogP contribution in [0.1, 0.15) is 38.3 Å². The zero-order valence-electron chi connectivity index (χ0n) is 18.1. The maximum Gasteiger partial charge on any atom is 0.227 e. The van der Waals surface area contributed by atoms with Crippen molar-refractivity contribution in [2.24, 2.45) is 10.9 Å². The lowest BCUT2D eigenvalue weighted by molar-refractivity contribution is -0.116. The van der Waals surface area contributed by atoms with Gasteiger partial charge in [-0.1, -0.05) is 6.07 Å². The zero-order valence-corrected chi connectivity index (χ0v) is 20.4. The SMILES string of the molecule is CCNC(=NCCCOCC1CCOCC1)NCCC(=O)Nc1cccc(C)n1.I. The first-order chi connectivity index (χ1) is 14.2. The molecule has 1 amide bonds. The summed E-state index contributed by atoms with van der Waals surface area (Å²) in [7, 11) is 0. The van der Waals surface area contributed by atoms with E-state index in [1.807, 2.05) is 26.0 Å². The van der Waals surface area contributed by atoms with Crippen LogP contribution < -0.4 is 16.0 Å². The summed E-state index contributed by atoms with van der Waals surface area (Å²) in [6, 6.07) is 5.56. The van der Waals surface area contributed by atoms with Crippen molar-refractivity contribution in [3.8, 4) is 0 Å². The van der Waals surface area contributed by atoms with Gasteiger partial charge in [-0.25, -0.2) is 4.98 Å². The number of aryl methyl sites for hydroxylation is 1. The van der Waals surface area contributed by atoms with E-state index in [0.717, 1.165) is 57.3 Å². The number of rotatable bonds is 11. The summed E-state index contributed by atoms with van der Waals surface area (Å²) >= 11 is 0. The largest absolute Gasteiger partial charge is 0.381 e. The van der Waals surface area contributed by atoms with E-state index < -0.39 is 0 Å². The summed E-state index contributed by atoms with van der Waals surface area (Å²) < 4.78 is 11.1. The number of nitrogens with one attached hydrogen (secondary N) is 3. The molecule has 0 atom stereocenters. The van der Waals surface area contributed by atoms with Crippen molar-refractivity contribution in [3.05, 3.63) is 23.9 Å². The monoisotopic (exact) mass is 533 g/mol. The van der Waals surface area contributed by atoms with E-state index in [1.54, 1.807) is 6.07 Å². The van der Waals surface area contributed by atoms with Crippen LogP contribution in [0.2, 0.25) is 0 Å². The third-order valence-corrected chi connectivity index (χ3v) is 4.56. The molecule has 0 aromatic carbocycles. The number of aromatic nitrogens is 1. The van der Waals surface area contributed by atoms with Gasteiger partial charge in [0, 0.05) is 58.2 Å². The number of anilines is 1. The molecule has 0 bridgehead atoms. The van der Waals surface area contributed by atoms with Crippen LogP contribution in [0.3, 0.4) is 0 Å².